The number of pyridine rings is 1. The number of rotatable bonds is 3. The highest BCUT2D eigenvalue weighted by atomic mass is 16.5. The molecule has 0 aliphatic rings. The Hall–Kier alpha value is -2.35. The van der Waals surface area contributed by atoms with Crippen molar-refractivity contribution in [3.05, 3.63) is 35.7 Å². The Morgan fingerprint density at radius 3 is 2.61 bits per heavy atom. The van der Waals surface area contributed by atoms with Crippen molar-refractivity contribution in [3.8, 4) is 17.8 Å². The zero-order valence-corrected chi connectivity index (χ0v) is 10.6. The molecule has 0 N–H and O–H groups in total. The Balaban J connectivity index is 2.18. The average molecular weight is 242 g/mol. The topological polar surface area (TPSA) is 63.7 Å². The molecule has 2 aromatic rings. The summed E-state index contributed by atoms with van der Waals surface area (Å²) >= 11 is 0. The number of nitrogens with zero attached hydrogens (tertiary/aromatic N) is 4. The van der Waals surface area contributed by atoms with Crippen molar-refractivity contribution < 1.29 is 4.74 Å². The Morgan fingerprint density at radius 2 is 2.11 bits per heavy atom. The van der Waals surface area contributed by atoms with Gasteiger partial charge in [-0.15, -0.1) is 5.10 Å². The van der Waals surface area contributed by atoms with E-state index in [0.29, 0.717) is 23.2 Å². The van der Waals surface area contributed by atoms with Gasteiger partial charge >= 0.3 is 0 Å². The van der Waals surface area contributed by atoms with Gasteiger partial charge in [-0.25, -0.2) is 4.98 Å². The number of nitriles is 1. The molecule has 0 saturated carbocycles. The molecule has 0 fully saturated rings. The standard InChI is InChI=1S/C13H14N4O/c1-9(2)11-6-13(16-17(11)3)18-12-5-4-10(7-14)8-15-12/h4-6,8-9H,1-3H3. The van der Waals surface area contributed by atoms with E-state index < -0.39 is 0 Å². The van der Waals surface area contributed by atoms with E-state index in [4.69, 9.17) is 10.00 Å². The summed E-state index contributed by atoms with van der Waals surface area (Å²) in [6, 6.07) is 7.22. The molecule has 0 spiro atoms. The highest BCUT2D eigenvalue weighted by molar-refractivity contribution is 5.30. The lowest BCUT2D eigenvalue weighted by atomic mass is 10.1. The zero-order valence-electron chi connectivity index (χ0n) is 10.6. The molecule has 0 aromatic carbocycles. The predicted molar refractivity (Wildman–Crippen MR) is 66.3 cm³/mol. The van der Waals surface area contributed by atoms with E-state index in [1.54, 1.807) is 16.8 Å². The van der Waals surface area contributed by atoms with Gasteiger partial charge in [-0.2, -0.15) is 5.26 Å². The largest absolute Gasteiger partial charge is 0.419 e. The minimum atomic E-state index is 0.383. The van der Waals surface area contributed by atoms with Crippen molar-refractivity contribution in [2.45, 2.75) is 19.8 Å². The molecule has 92 valence electrons. The fourth-order valence-corrected chi connectivity index (χ4v) is 1.66. The highest BCUT2D eigenvalue weighted by Gasteiger charge is 2.10. The summed E-state index contributed by atoms with van der Waals surface area (Å²) in [5.41, 5.74) is 1.60. The number of aryl methyl sites for hydroxylation is 1. The summed E-state index contributed by atoms with van der Waals surface area (Å²) in [5.74, 6) is 1.33. The van der Waals surface area contributed by atoms with Gasteiger partial charge in [0.25, 0.3) is 0 Å². The second-order valence-electron chi connectivity index (χ2n) is 4.28. The van der Waals surface area contributed by atoms with Crippen LogP contribution in [0.4, 0.5) is 0 Å². The van der Waals surface area contributed by atoms with Crippen molar-refractivity contribution in [1.29, 1.82) is 5.26 Å². The van der Waals surface area contributed by atoms with Gasteiger partial charge in [0.05, 0.1) is 5.56 Å². The summed E-state index contributed by atoms with van der Waals surface area (Å²) in [4.78, 5) is 4.03. The van der Waals surface area contributed by atoms with E-state index in [1.807, 2.05) is 19.2 Å². The van der Waals surface area contributed by atoms with Crippen molar-refractivity contribution in [1.82, 2.24) is 14.8 Å². The van der Waals surface area contributed by atoms with Crippen LogP contribution >= 0.6 is 0 Å². The SMILES string of the molecule is CC(C)c1cc(Oc2ccc(C#N)cn2)nn1C. The molecule has 0 atom stereocenters. The molecular weight excluding hydrogens is 228 g/mol. The normalized spacial score (nSPS) is 10.4. The molecule has 0 aliphatic carbocycles. The molecule has 5 nitrogen and oxygen atoms in total. The summed E-state index contributed by atoms with van der Waals surface area (Å²) in [6.45, 7) is 4.20. The Kier molecular flexibility index (Phi) is 3.28. The maximum atomic E-state index is 8.67. The summed E-state index contributed by atoms with van der Waals surface area (Å²) < 4.78 is 7.33. The molecule has 0 amide bonds. The molecular formula is C13H14N4O. The molecule has 0 bridgehead atoms. The van der Waals surface area contributed by atoms with Gasteiger partial charge in [-0.05, 0) is 12.0 Å². The Labute approximate surface area is 106 Å². The second kappa shape index (κ2) is 4.88. The first-order chi connectivity index (χ1) is 8.60. The van der Waals surface area contributed by atoms with Crippen LogP contribution in [-0.4, -0.2) is 14.8 Å². The van der Waals surface area contributed by atoms with E-state index in [9.17, 15) is 0 Å². The lowest BCUT2D eigenvalue weighted by Gasteiger charge is -2.02. The smallest absolute Gasteiger partial charge is 0.240 e. The van der Waals surface area contributed by atoms with Crippen LogP contribution < -0.4 is 4.74 Å². The van der Waals surface area contributed by atoms with Crippen molar-refractivity contribution in [3.63, 3.8) is 0 Å². The van der Waals surface area contributed by atoms with E-state index in [1.165, 1.54) is 6.20 Å². The van der Waals surface area contributed by atoms with Crippen LogP contribution in [0, 0.1) is 11.3 Å². The maximum absolute atomic E-state index is 8.67. The van der Waals surface area contributed by atoms with Gasteiger partial charge in [-0.1, -0.05) is 13.8 Å². The van der Waals surface area contributed by atoms with Crippen LogP contribution in [-0.2, 0) is 7.05 Å². The second-order valence-corrected chi connectivity index (χ2v) is 4.28. The van der Waals surface area contributed by atoms with Gasteiger partial charge in [-0.3, -0.25) is 4.68 Å². The van der Waals surface area contributed by atoms with Crippen molar-refractivity contribution in [2.24, 2.45) is 7.05 Å². The molecule has 2 aromatic heterocycles. The zero-order chi connectivity index (χ0) is 13.1. The van der Waals surface area contributed by atoms with Crippen LogP contribution in [0.5, 0.6) is 11.8 Å². The van der Waals surface area contributed by atoms with Crippen LogP contribution in [0.15, 0.2) is 24.4 Å². The van der Waals surface area contributed by atoms with Gasteiger partial charge < -0.3 is 4.74 Å². The molecule has 2 rings (SSSR count). The first-order valence-electron chi connectivity index (χ1n) is 5.68. The van der Waals surface area contributed by atoms with Gasteiger partial charge in [0, 0.05) is 31.1 Å². The summed E-state index contributed by atoms with van der Waals surface area (Å²) in [5, 5.41) is 12.9. The third kappa shape index (κ3) is 2.48. The van der Waals surface area contributed by atoms with Crippen LogP contribution in [0.25, 0.3) is 0 Å². The molecule has 0 unspecified atom stereocenters. The number of hydrogen-bond donors (Lipinski definition) is 0. The molecule has 0 aliphatic heterocycles. The number of ether oxygens (including phenoxy) is 1. The average Bonchev–Trinajstić information content (AvgIpc) is 2.71. The van der Waals surface area contributed by atoms with E-state index in [-0.39, 0.29) is 0 Å². The third-order valence-corrected chi connectivity index (χ3v) is 2.56. The van der Waals surface area contributed by atoms with Crippen LogP contribution in [0.3, 0.4) is 0 Å². The molecule has 2 heterocycles. The highest BCUT2D eigenvalue weighted by Crippen LogP contribution is 2.22. The van der Waals surface area contributed by atoms with E-state index >= 15 is 0 Å². The predicted octanol–water partition coefficient (Wildman–Crippen LogP) is 2.60. The number of hydrogen-bond acceptors (Lipinski definition) is 4. The minimum Gasteiger partial charge on any atom is -0.419 e. The first kappa shape index (κ1) is 12.1. The Morgan fingerprint density at radius 1 is 1.33 bits per heavy atom. The fourth-order valence-electron chi connectivity index (χ4n) is 1.66. The summed E-state index contributed by atoms with van der Waals surface area (Å²) in [7, 11) is 1.88. The number of aromatic nitrogens is 3. The minimum absolute atomic E-state index is 0.383. The monoisotopic (exact) mass is 242 g/mol. The molecule has 18 heavy (non-hydrogen) atoms. The first-order valence-corrected chi connectivity index (χ1v) is 5.68. The van der Waals surface area contributed by atoms with Gasteiger partial charge in [0.2, 0.25) is 11.8 Å². The fraction of sp³-hybridized carbons (Fsp3) is 0.308. The van der Waals surface area contributed by atoms with Crippen LogP contribution in [0.2, 0.25) is 0 Å². The van der Waals surface area contributed by atoms with Gasteiger partial charge in [0.1, 0.15) is 6.07 Å². The third-order valence-electron chi connectivity index (χ3n) is 2.56. The van der Waals surface area contributed by atoms with E-state index in [2.05, 4.69) is 23.9 Å². The molecule has 0 radical (unpaired) electrons. The summed E-state index contributed by atoms with van der Waals surface area (Å²) in [6.07, 6.45) is 1.47. The van der Waals surface area contributed by atoms with Crippen molar-refractivity contribution in [2.75, 3.05) is 0 Å². The lowest BCUT2D eigenvalue weighted by molar-refractivity contribution is 0.436. The van der Waals surface area contributed by atoms with E-state index in [0.717, 1.165) is 5.69 Å². The maximum Gasteiger partial charge on any atom is 0.240 e. The Bertz CT molecular complexity index is 578. The molecule has 5 heteroatoms. The molecule has 0 saturated heterocycles. The van der Waals surface area contributed by atoms with Crippen LogP contribution in [0.1, 0.15) is 31.0 Å². The quantitative estimate of drug-likeness (QED) is 0.829. The lowest BCUT2D eigenvalue weighted by Crippen LogP contribution is -1.99. The van der Waals surface area contributed by atoms with Crippen molar-refractivity contribution >= 4 is 0 Å². The van der Waals surface area contributed by atoms with Gasteiger partial charge in [0.15, 0.2) is 0 Å².